The molecule has 0 spiro atoms. The molecule has 112 valence electrons. The molecule has 1 aromatic carbocycles. The number of amides is 2. The minimum atomic E-state index is -0.831. The molecule has 0 radical (unpaired) electrons. The van der Waals surface area contributed by atoms with E-state index in [2.05, 4.69) is 5.32 Å². The molecule has 1 saturated carbocycles. The highest BCUT2D eigenvalue weighted by Gasteiger charge is 2.36. The van der Waals surface area contributed by atoms with Crippen LogP contribution in [-0.4, -0.2) is 35.6 Å². The third-order valence-corrected chi connectivity index (χ3v) is 4.63. The van der Waals surface area contributed by atoms with Crippen LogP contribution in [0.1, 0.15) is 24.8 Å². The Balaban J connectivity index is 1.66. The third-order valence-electron chi connectivity index (χ3n) is 4.27. The van der Waals surface area contributed by atoms with Crippen LogP contribution in [0, 0.1) is 0 Å². The summed E-state index contributed by atoms with van der Waals surface area (Å²) in [6, 6.07) is 5.33. The van der Waals surface area contributed by atoms with Crippen LogP contribution in [0.5, 0.6) is 0 Å². The minimum Gasteiger partial charge on any atom is -0.388 e. The van der Waals surface area contributed by atoms with E-state index in [1.807, 2.05) is 0 Å². The molecule has 1 aliphatic carbocycles. The summed E-state index contributed by atoms with van der Waals surface area (Å²) in [5.74, 6) is -1.28. The van der Waals surface area contributed by atoms with E-state index in [0.29, 0.717) is 36.5 Å². The van der Waals surface area contributed by atoms with Crippen LogP contribution in [0.15, 0.2) is 18.2 Å². The Kier molecular flexibility index (Phi) is 3.63. The van der Waals surface area contributed by atoms with Crippen molar-refractivity contribution in [2.45, 2.75) is 31.3 Å². The van der Waals surface area contributed by atoms with Gasteiger partial charge in [0.25, 0.3) is 0 Å². The van der Waals surface area contributed by atoms with Crippen LogP contribution in [0.4, 0.5) is 5.69 Å². The van der Waals surface area contributed by atoms with E-state index in [-0.39, 0.29) is 6.54 Å². The molecule has 0 unspecified atom stereocenters. The Labute approximate surface area is 127 Å². The maximum Gasteiger partial charge on any atom is 0.316 e. The highest BCUT2D eigenvalue weighted by molar-refractivity contribution is 6.41. The van der Waals surface area contributed by atoms with E-state index in [4.69, 9.17) is 11.6 Å². The molecule has 1 heterocycles. The predicted octanol–water partition coefficient (Wildman–Crippen LogP) is 1.26. The fourth-order valence-corrected chi connectivity index (χ4v) is 3.07. The van der Waals surface area contributed by atoms with Crippen molar-refractivity contribution in [3.05, 3.63) is 28.8 Å². The van der Waals surface area contributed by atoms with Crippen molar-refractivity contribution in [3.8, 4) is 0 Å². The van der Waals surface area contributed by atoms with Crippen LogP contribution < -0.4 is 10.2 Å². The van der Waals surface area contributed by atoms with E-state index < -0.39 is 17.4 Å². The van der Waals surface area contributed by atoms with Gasteiger partial charge in [0.15, 0.2) is 0 Å². The first-order valence-corrected chi connectivity index (χ1v) is 7.47. The number of rotatable bonds is 2. The van der Waals surface area contributed by atoms with E-state index in [9.17, 15) is 14.7 Å². The lowest BCUT2D eigenvalue weighted by Gasteiger charge is -2.36. The van der Waals surface area contributed by atoms with Gasteiger partial charge in [0.05, 0.1) is 5.60 Å². The maximum atomic E-state index is 12.2. The first-order chi connectivity index (χ1) is 10.0. The number of carbonyl (C=O) groups excluding carboxylic acids is 2. The Bertz CT molecular complexity index is 599. The molecule has 0 saturated heterocycles. The van der Waals surface area contributed by atoms with E-state index in [1.54, 1.807) is 18.2 Å². The molecule has 1 fully saturated rings. The average molecular weight is 309 g/mol. The van der Waals surface area contributed by atoms with Gasteiger partial charge in [-0.2, -0.15) is 0 Å². The number of hydrogen-bond donors (Lipinski definition) is 2. The molecule has 5 nitrogen and oxygen atoms in total. The fraction of sp³-hybridized carbons (Fsp3) is 0.467. The average Bonchev–Trinajstić information content (AvgIpc) is 2.87. The standard InChI is InChI=1S/C15H17ClN2O3/c16-11-3-1-4-12-10(11)5-8-18(12)14(20)13(19)17-9-15(21)6-2-7-15/h1,3-4,21H,2,5-9H2,(H,17,19). The second-order valence-electron chi connectivity index (χ2n) is 5.70. The zero-order valence-electron chi connectivity index (χ0n) is 11.6. The summed E-state index contributed by atoms with van der Waals surface area (Å²) in [7, 11) is 0. The molecule has 1 aromatic rings. The molecule has 6 heteroatoms. The number of nitrogens with one attached hydrogen (secondary N) is 1. The molecule has 0 aromatic heterocycles. The number of nitrogens with zero attached hydrogens (tertiary/aromatic N) is 1. The van der Waals surface area contributed by atoms with Crippen LogP contribution in [0.25, 0.3) is 0 Å². The summed E-state index contributed by atoms with van der Waals surface area (Å²) in [6.45, 7) is 0.587. The Morgan fingerprint density at radius 2 is 2.14 bits per heavy atom. The van der Waals surface area contributed by atoms with Gasteiger partial charge < -0.3 is 15.3 Å². The monoisotopic (exact) mass is 308 g/mol. The van der Waals surface area contributed by atoms with Crippen molar-refractivity contribution in [2.75, 3.05) is 18.0 Å². The summed E-state index contributed by atoms with van der Waals surface area (Å²) in [5, 5.41) is 13.1. The smallest absolute Gasteiger partial charge is 0.316 e. The Morgan fingerprint density at radius 1 is 1.38 bits per heavy atom. The van der Waals surface area contributed by atoms with E-state index in [1.165, 1.54) is 4.90 Å². The minimum absolute atomic E-state index is 0.133. The lowest BCUT2D eigenvalue weighted by molar-refractivity contribution is -0.138. The largest absolute Gasteiger partial charge is 0.388 e. The molecule has 2 N–H and O–H groups in total. The van der Waals surface area contributed by atoms with Gasteiger partial charge in [-0.1, -0.05) is 17.7 Å². The summed E-state index contributed by atoms with van der Waals surface area (Å²) < 4.78 is 0. The third kappa shape index (κ3) is 2.63. The molecule has 21 heavy (non-hydrogen) atoms. The SMILES string of the molecule is O=C(NCC1(O)CCC1)C(=O)N1CCc2c(Cl)cccc21. The first-order valence-electron chi connectivity index (χ1n) is 7.10. The topological polar surface area (TPSA) is 69.6 Å². The van der Waals surface area contributed by atoms with Crippen molar-refractivity contribution >= 4 is 29.1 Å². The molecule has 2 amide bonds. The number of hydrogen-bond acceptors (Lipinski definition) is 3. The highest BCUT2D eigenvalue weighted by Crippen LogP contribution is 2.33. The molecular weight excluding hydrogens is 292 g/mol. The number of benzene rings is 1. The van der Waals surface area contributed by atoms with Gasteiger partial charge in [-0.15, -0.1) is 0 Å². The van der Waals surface area contributed by atoms with Gasteiger partial charge in [0.2, 0.25) is 0 Å². The van der Waals surface area contributed by atoms with Crippen molar-refractivity contribution in [3.63, 3.8) is 0 Å². The van der Waals surface area contributed by atoms with Gasteiger partial charge in [0, 0.05) is 23.8 Å². The predicted molar refractivity (Wildman–Crippen MR) is 79.3 cm³/mol. The van der Waals surface area contributed by atoms with Gasteiger partial charge in [-0.05, 0) is 43.4 Å². The highest BCUT2D eigenvalue weighted by atomic mass is 35.5. The zero-order valence-corrected chi connectivity index (χ0v) is 12.3. The number of fused-ring (bicyclic) bond motifs is 1. The van der Waals surface area contributed by atoms with Crippen LogP contribution in [-0.2, 0) is 16.0 Å². The summed E-state index contributed by atoms with van der Waals surface area (Å²) >= 11 is 6.10. The second-order valence-corrected chi connectivity index (χ2v) is 6.11. The van der Waals surface area contributed by atoms with Crippen LogP contribution >= 0.6 is 11.6 Å². The lowest BCUT2D eigenvalue weighted by atomic mass is 9.80. The first kappa shape index (κ1) is 14.4. The van der Waals surface area contributed by atoms with Crippen molar-refractivity contribution in [1.29, 1.82) is 0 Å². The quantitative estimate of drug-likeness (QED) is 0.808. The molecular formula is C15H17ClN2O3. The normalized spacial score (nSPS) is 18.9. The van der Waals surface area contributed by atoms with Crippen LogP contribution in [0.3, 0.4) is 0 Å². The van der Waals surface area contributed by atoms with E-state index >= 15 is 0 Å². The molecule has 1 aliphatic heterocycles. The number of halogens is 1. The van der Waals surface area contributed by atoms with Gasteiger partial charge in [-0.25, -0.2) is 0 Å². The zero-order chi connectivity index (χ0) is 15.0. The van der Waals surface area contributed by atoms with E-state index in [0.717, 1.165) is 12.0 Å². The fourth-order valence-electron chi connectivity index (χ4n) is 2.81. The molecule has 3 rings (SSSR count). The summed E-state index contributed by atoms with van der Waals surface area (Å²) in [5.41, 5.74) is 0.769. The Hall–Kier alpha value is -1.59. The Morgan fingerprint density at radius 3 is 2.81 bits per heavy atom. The number of anilines is 1. The van der Waals surface area contributed by atoms with Crippen molar-refractivity contribution in [1.82, 2.24) is 5.32 Å². The molecule has 2 aliphatic rings. The maximum absolute atomic E-state index is 12.2. The molecule has 0 atom stereocenters. The lowest BCUT2D eigenvalue weighted by Crippen LogP contribution is -2.51. The second kappa shape index (κ2) is 5.31. The number of carbonyl (C=O) groups is 2. The summed E-state index contributed by atoms with van der Waals surface area (Å²) in [4.78, 5) is 25.6. The van der Waals surface area contributed by atoms with Crippen molar-refractivity contribution < 1.29 is 14.7 Å². The summed E-state index contributed by atoms with van der Waals surface area (Å²) in [6.07, 6.45) is 2.95. The van der Waals surface area contributed by atoms with Crippen LogP contribution in [0.2, 0.25) is 5.02 Å². The van der Waals surface area contributed by atoms with Crippen molar-refractivity contribution in [2.24, 2.45) is 0 Å². The van der Waals surface area contributed by atoms with Gasteiger partial charge in [-0.3, -0.25) is 9.59 Å². The molecule has 0 bridgehead atoms. The number of aliphatic hydroxyl groups is 1. The van der Waals surface area contributed by atoms with Gasteiger partial charge >= 0.3 is 11.8 Å². The van der Waals surface area contributed by atoms with Gasteiger partial charge in [0.1, 0.15) is 0 Å².